The standard InChI is InChI=1S/C24H21N7O3/c1-30-10-8-16(29-30)22-27-28-23(34-22)24(32)31-11-9-15-19(26-12-25-15)20(31)21-18(13-6-7-13)14-4-2-3-5-17(14)33-21/h2-5,8,10,12-13,20H,6-7,9,11H2,1H3,(H,25,26)/t20-/m1/s1. The number of nitrogens with one attached hydrogen (secondary N) is 1. The maximum absolute atomic E-state index is 13.7. The summed E-state index contributed by atoms with van der Waals surface area (Å²) in [6.45, 7) is 0.473. The van der Waals surface area contributed by atoms with Crippen molar-refractivity contribution < 1.29 is 13.6 Å². The molecule has 1 aliphatic heterocycles. The van der Waals surface area contributed by atoms with E-state index in [9.17, 15) is 4.79 Å². The van der Waals surface area contributed by atoms with Gasteiger partial charge >= 0.3 is 11.8 Å². The summed E-state index contributed by atoms with van der Waals surface area (Å²) >= 11 is 0. The number of aryl methyl sites for hydroxylation is 1. The molecule has 170 valence electrons. The smallest absolute Gasteiger partial charge is 0.312 e. The van der Waals surface area contributed by atoms with Crippen LogP contribution in [0.2, 0.25) is 0 Å². The Morgan fingerprint density at radius 1 is 1.15 bits per heavy atom. The molecule has 0 bridgehead atoms. The summed E-state index contributed by atoms with van der Waals surface area (Å²) in [6, 6.07) is 9.34. The molecule has 0 spiro atoms. The third-order valence-electron chi connectivity index (χ3n) is 6.62. The molecule has 34 heavy (non-hydrogen) atoms. The number of hydrogen-bond acceptors (Lipinski definition) is 7. The number of benzene rings is 1. The quantitative estimate of drug-likeness (QED) is 0.440. The van der Waals surface area contributed by atoms with Crippen molar-refractivity contribution in [3.05, 3.63) is 71.5 Å². The minimum atomic E-state index is -0.476. The SMILES string of the molecule is Cn1ccc(-c2nnc(C(=O)N3CCc4[nH]cnc4[C@@H]3c3oc4ccccc4c3C3CC3)o2)n1. The number of amides is 1. The molecule has 1 aliphatic carbocycles. The van der Waals surface area contributed by atoms with Crippen LogP contribution in [-0.4, -0.2) is 47.3 Å². The third kappa shape index (κ3) is 2.91. The second-order valence-corrected chi connectivity index (χ2v) is 8.85. The zero-order valence-electron chi connectivity index (χ0n) is 18.4. The zero-order valence-corrected chi connectivity index (χ0v) is 18.4. The maximum atomic E-state index is 13.7. The van der Waals surface area contributed by atoms with Crippen LogP contribution in [0, 0.1) is 0 Å². The molecule has 10 nitrogen and oxygen atoms in total. The van der Waals surface area contributed by atoms with Gasteiger partial charge in [-0.2, -0.15) is 5.10 Å². The van der Waals surface area contributed by atoms with Crippen LogP contribution in [0.1, 0.15) is 58.2 Å². The molecule has 1 fully saturated rings. The third-order valence-corrected chi connectivity index (χ3v) is 6.62. The van der Waals surface area contributed by atoms with Crippen molar-refractivity contribution >= 4 is 16.9 Å². The predicted molar refractivity (Wildman–Crippen MR) is 120 cm³/mol. The van der Waals surface area contributed by atoms with Crippen molar-refractivity contribution in [3.63, 3.8) is 0 Å². The van der Waals surface area contributed by atoms with Gasteiger partial charge in [0.1, 0.15) is 23.1 Å². The molecule has 5 heterocycles. The Hall–Kier alpha value is -4.21. The van der Waals surface area contributed by atoms with Crippen molar-refractivity contribution in [1.29, 1.82) is 0 Å². The van der Waals surface area contributed by atoms with E-state index >= 15 is 0 Å². The second-order valence-electron chi connectivity index (χ2n) is 8.85. The fraction of sp³-hybridized carbons (Fsp3) is 0.292. The molecule has 10 heteroatoms. The average Bonchev–Trinajstić information content (AvgIpc) is 3.26. The number of carbonyl (C=O) groups excluding carboxylic acids is 1. The number of imidazole rings is 1. The number of furan rings is 1. The van der Waals surface area contributed by atoms with E-state index in [2.05, 4.69) is 31.3 Å². The molecule has 4 aromatic heterocycles. The first-order valence-corrected chi connectivity index (χ1v) is 11.4. The molecular weight excluding hydrogens is 434 g/mol. The number of aromatic nitrogens is 6. The lowest BCUT2D eigenvalue weighted by molar-refractivity contribution is 0.0631. The molecule has 2 aliphatic rings. The van der Waals surface area contributed by atoms with Gasteiger partial charge in [-0.25, -0.2) is 4.98 Å². The van der Waals surface area contributed by atoms with Gasteiger partial charge in [-0.05, 0) is 30.9 Å². The van der Waals surface area contributed by atoms with Crippen molar-refractivity contribution in [1.82, 2.24) is 34.8 Å². The van der Waals surface area contributed by atoms with E-state index in [1.807, 2.05) is 18.2 Å². The zero-order chi connectivity index (χ0) is 22.8. The van der Waals surface area contributed by atoms with Crippen LogP contribution in [0.25, 0.3) is 22.6 Å². The number of para-hydroxylation sites is 1. The number of carbonyl (C=O) groups is 1. The van der Waals surface area contributed by atoms with Crippen molar-refractivity contribution in [2.24, 2.45) is 7.05 Å². The van der Waals surface area contributed by atoms with Gasteiger partial charge in [0.05, 0.1) is 12.0 Å². The summed E-state index contributed by atoms with van der Waals surface area (Å²) in [5, 5.41) is 13.5. The van der Waals surface area contributed by atoms with Crippen LogP contribution < -0.4 is 0 Å². The van der Waals surface area contributed by atoms with Crippen LogP contribution in [0.15, 0.2) is 51.7 Å². The number of fused-ring (bicyclic) bond motifs is 2. The Labute approximate surface area is 193 Å². The number of nitrogens with zero attached hydrogens (tertiary/aromatic N) is 6. The molecule has 1 aromatic carbocycles. The van der Waals surface area contributed by atoms with Gasteiger partial charge in [-0.3, -0.25) is 9.48 Å². The van der Waals surface area contributed by atoms with E-state index in [0.717, 1.165) is 41.0 Å². The molecule has 7 rings (SSSR count). The lowest BCUT2D eigenvalue weighted by atomic mass is 9.95. The van der Waals surface area contributed by atoms with Crippen LogP contribution >= 0.6 is 0 Å². The minimum Gasteiger partial charge on any atom is -0.458 e. The van der Waals surface area contributed by atoms with Gasteiger partial charge in [0, 0.05) is 42.9 Å². The van der Waals surface area contributed by atoms with Crippen molar-refractivity contribution in [2.75, 3.05) is 6.54 Å². The topological polar surface area (TPSA) is 119 Å². The summed E-state index contributed by atoms with van der Waals surface area (Å²) in [5.41, 5.74) is 4.33. The second kappa shape index (κ2) is 7.14. The van der Waals surface area contributed by atoms with Gasteiger partial charge < -0.3 is 18.7 Å². The molecule has 5 aromatic rings. The molecule has 1 atom stereocenters. The number of H-pyrrole nitrogens is 1. The summed E-state index contributed by atoms with van der Waals surface area (Å²) in [6.07, 6.45) is 6.33. The van der Waals surface area contributed by atoms with Crippen molar-refractivity contribution in [3.8, 4) is 11.6 Å². The Bertz CT molecular complexity index is 1540. The van der Waals surface area contributed by atoms with E-state index in [1.54, 1.807) is 35.2 Å². The first-order chi connectivity index (χ1) is 16.7. The largest absolute Gasteiger partial charge is 0.458 e. The normalized spacial score (nSPS) is 17.9. The Balaban J connectivity index is 1.33. The van der Waals surface area contributed by atoms with E-state index in [-0.39, 0.29) is 17.7 Å². The highest BCUT2D eigenvalue weighted by molar-refractivity contribution is 5.91. The monoisotopic (exact) mass is 455 g/mol. The number of hydrogen-bond donors (Lipinski definition) is 1. The van der Waals surface area contributed by atoms with Crippen LogP contribution in [0.5, 0.6) is 0 Å². The fourth-order valence-electron chi connectivity index (χ4n) is 4.91. The lowest BCUT2D eigenvalue weighted by Crippen LogP contribution is -2.41. The Morgan fingerprint density at radius 2 is 2.03 bits per heavy atom. The minimum absolute atomic E-state index is 0.0753. The molecule has 1 amide bonds. The molecule has 0 unspecified atom stereocenters. The lowest BCUT2D eigenvalue weighted by Gasteiger charge is -2.33. The molecule has 0 radical (unpaired) electrons. The first-order valence-electron chi connectivity index (χ1n) is 11.4. The van der Waals surface area contributed by atoms with Crippen molar-refractivity contribution in [2.45, 2.75) is 31.2 Å². The molecular formula is C24H21N7O3. The summed E-state index contributed by atoms with van der Waals surface area (Å²) in [7, 11) is 1.80. The summed E-state index contributed by atoms with van der Waals surface area (Å²) in [5.74, 6) is 0.985. The molecule has 1 saturated carbocycles. The highest BCUT2D eigenvalue weighted by atomic mass is 16.4. The molecule has 0 saturated heterocycles. The van der Waals surface area contributed by atoms with Crippen LogP contribution in [-0.2, 0) is 13.5 Å². The van der Waals surface area contributed by atoms with E-state index in [4.69, 9.17) is 8.83 Å². The van der Waals surface area contributed by atoms with E-state index in [0.29, 0.717) is 24.6 Å². The van der Waals surface area contributed by atoms with E-state index < -0.39 is 6.04 Å². The van der Waals surface area contributed by atoms with Gasteiger partial charge in [0.2, 0.25) is 0 Å². The van der Waals surface area contributed by atoms with Gasteiger partial charge in [-0.15, -0.1) is 10.2 Å². The summed E-state index contributed by atoms with van der Waals surface area (Å²) in [4.78, 5) is 23.3. The fourth-order valence-corrected chi connectivity index (χ4v) is 4.91. The predicted octanol–water partition coefficient (Wildman–Crippen LogP) is 3.60. The Kier molecular flexibility index (Phi) is 4.05. The number of rotatable bonds is 4. The Morgan fingerprint density at radius 3 is 2.85 bits per heavy atom. The van der Waals surface area contributed by atoms with Crippen LogP contribution in [0.3, 0.4) is 0 Å². The highest BCUT2D eigenvalue weighted by Crippen LogP contribution is 2.50. The highest BCUT2D eigenvalue weighted by Gasteiger charge is 2.42. The summed E-state index contributed by atoms with van der Waals surface area (Å²) < 4.78 is 13.8. The number of aromatic amines is 1. The molecule has 1 N–H and O–H groups in total. The van der Waals surface area contributed by atoms with Gasteiger partial charge in [0.25, 0.3) is 5.89 Å². The van der Waals surface area contributed by atoms with Gasteiger partial charge in [0.15, 0.2) is 0 Å². The maximum Gasteiger partial charge on any atom is 0.312 e. The van der Waals surface area contributed by atoms with E-state index in [1.165, 1.54) is 5.56 Å². The van der Waals surface area contributed by atoms with Crippen LogP contribution in [0.4, 0.5) is 0 Å². The average molecular weight is 455 g/mol. The first kappa shape index (κ1) is 19.3. The van der Waals surface area contributed by atoms with Gasteiger partial charge in [-0.1, -0.05) is 18.2 Å².